The fraction of sp³-hybridized carbons (Fsp3) is 0.833. The van der Waals surface area contributed by atoms with Gasteiger partial charge in [-0.25, -0.2) is 0 Å². The molecule has 0 rings (SSSR count). The molecule has 0 radical (unpaired) electrons. The molecule has 0 aromatic carbocycles. The van der Waals surface area contributed by atoms with Crippen LogP contribution in [0.4, 0.5) is 0 Å². The van der Waals surface area contributed by atoms with E-state index in [0.29, 0.717) is 6.42 Å². The number of rotatable bonds is 15. The lowest BCUT2D eigenvalue weighted by molar-refractivity contribution is -0.137. The highest BCUT2D eigenvalue weighted by Gasteiger charge is 1.96. The molecule has 0 aromatic heterocycles. The third-order valence-corrected chi connectivity index (χ3v) is 3.65. The molecule has 0 bridgehead atoms. The maximum atomic E-state index is 10.3. The monoisotopic (exact) mass is 287 g/mol. The van der Waals surface area contributed by atoms with Gasteiger partial charge in [0.2, 0.25) is 0 Å². The first-order valence-corrected chi connectivity index (χ1v) is 8.64. The van der Waals surface area contributed by atoms with Gasteiger partial charge in [0.1, 0.15) is 0 Å². The summed E-state index contributed by atoms with van der Waals surface area (Å²) in [6, 6.07) is 0. The van der Waals surface area contributed by atoms with Crippen molar-refractivity contribution in [1.29, 1.82) is 0 Å². The highest BCUT2D eigenvalue weighted by atomic mass is 16.5. The summed E-state index contributed by atoms with van der Waals surface area (Å²) in [5, 5.41) is 8.51. The van der Waals surface area contributed by atoms with Crippen LogP contribution in [-0.2, 0) is 4.79 Å². The van der Waals surface area contributed by atoms with E-state index in [9.17, 15) is 4.79 Å². The number of carbonyl (C=O) groups is 1. The van der Waals surface area contributed by atoms with Crippen LogP contribution < -0.4 is 0 Å². The molecule has 20 heavy (non-hydrogen) atoms. The summed E-state index contributed by atoms with van der Waals surface area (Å²) in [7, 11) is 0. The van der Waals surface area contributed by atoms with Gasteiger partial charge in [-0.3, -0.25) is 4.79 Å². The third kappa shape index (κ3) is 17.2. The van der Waals surface area contributed by atoms with Gasteiger partial charge in [0, 0.05) is 6.42 Å². The van der Waals surface area contributed by atoms with Gasteiger partial charge < -0.3 is 5.11 Å². The first-order valence-electron chi connectivity index (χ1n) is 8.64. The van der Waals surface area contributed by atoms with Gasteiger partial charge in [-0.15, -0.1) is 0 Å². The summed E-state index contributed by atoms with van der Waals surface area (Å²) in [6.45, 7) is 2.25. The van der Waals surface area contributed by atoms with E-state index >= 15 is 0 Å². The summed E-state index contributed by atoms with van der Waals surface area (Å²) in [4.78, 5) is 10.3. The zero-order valence-electron chi connectivity index (χ0n) is 13.4. The van der Waals surface area contributed by atoms with E-state index in [1.54, 1.807) is 0 Å². The minimum atomic E-state index is -0.661. The van der Waals surface area contributed by atoms with Crippen molar-refractivity contribution in [2.45, 2.75) is 96.8 Å². The Morgan fingerprint density at radius 3 is 1.70 bits per heavy atom. The fourth-order valence-corrected chi connectivity index (χ4v) is 2.35. The topological polar surface area (TPSA) is 37.3 Å². The molecular weight excluding hydrogens is 253 g/mol. The standard InChI is InChI=1S/C18H34O2/c1-2-3-4-5-6-7-8-9-10-11-12-13-14-15-16-17-18(19)20/h7-8H,2-6,9-17H2,1H3,(H,19,20)/b8-7+/i9+1,10+1,16+1,17+1,18+1. The summed E-state index contributed by atoms with van der Waals surface area (Å²) in [6.07, 6.45) is 21.2. The Balaban J connectivity index is 3.05. The minimum Gasteiger partial charge on any atom is -0.481 e. The lowest BCUT2D eigenvalue weighted by atomic mass is 10.1. The van der Waals surface area contributed by atoms with E-state index in [1.807, 2.05) is 0 Å². The van der Waals surface area contributed by atoms with Gasteiger partial charge >= 0.3 is 5.97 Å². The van der Waals surface area contributed by atoms with Gasteiger partial charge in [-0.05, 0) is 32.1 Å². The predicted molar refractivity (Wildman–Crippen MR) is 87.1 cm³/mol. The van der Waals surface area contributed by atoms with Gasteiger partial charge in [0.15, 0.2) is 0 Å². The predicted octanol–water partition coefficient (Wildman–Crippen LogP) is 6.11. The van der Waals surface area contributed by atoms with Crippen molar-refractivity contribution in [3.63, 3.8) is 0 Å². The number of aliphatic carboxylic acids is 1. The quantitative estimate of drug-likeness (QED) is 0.224. The second kappa shape index (κ2) is 16.3. The highest BCUT2D eigenvalue weighted by molar-refractivity contribution is 5.66. The molecule has 2 heteroatoms. The molecule has 1 N–H and O–H groups in total. The van der Waals surface area contributed by atoms with Crippen molar-refractivity contribution in [2.75, 3.05) is 0 Å². The summed E-state index contributed by atoms with van der Waals surface area (Å²) in [5.74, 6) is -0.661. The zero-order chi connectivity index (χ0) is 14.9. The maximum absolute atomic E-state index is 10.3. The molecule has 0 aromatic rings. The number of hydrogen-bond donors (Lipinski definition) is 1. The Bertz CT molecular complexity index is 234. The SMILES string of the molecule is CCCCCC/C=C/[13CH2][13CH2]CCCCC[13CH2][13CH2][13C](=O)O. The van der Waals surface area contributed by atoms with Crippen LogP contribution in [-0.4, -0.2) is 11.1 Å². The molecule has 0 saturated heterocycles. The number of hydrogen-bond acceptors (Lipinski definition) is 1. The van der Waals surface area contributed by atoms with Crippen LogP contribution in [0.3, 0.4) is 0 Å². The van der Waals surface area contributed by atoms with Crippen LogP contribution in [0, 0.1) is 0 Å². The first-order chi connectivity index (χ1) is 9.77. The van der Waals surface area contributed by atoms with Gasteiger partial charge in [-0.1, -0.05) is 70.4 Å². The van der Waals surface area contributed by atoms with Crippen LogP contribution in [0.1, 0.15) is 96.8 Å². The molecule has 0 fully saturated rings. The first kappa shape index (κ1) is 19.2. The molecule has 118 valence electrons. The zero-order valence-corrected chi connectivity index (χ0v) is 13.4. The summed E-state index contributed by atoms with van der Waals surface area (Å²) >= 11 is 0. The Kier molecular flexibility index (Phi) is 15.6. The highest BCUT2D eigenvalue weighted by Crippen LogP contribution is 2.10. The molecule has 0 atom stereocenters. The average molecular weight is 287 g/mol. The average Bonchev–Trinajstić information content (AvgIpc) is 2.43. The number of allylic oxidation sites excluding steroid dienone is 2. The molecule has 0 heterocycles. The normalized spacial score (nSPS) is 11.2. The van der Waals surface area contributed by atoms with Crippen LogP contribution in [0.5, 0.6) is 0 Å². The Morgan fingerprint density at radius 2 is 1.20 bits per heavy atom. The molecule has 0 aliphatic rings. The largest absolute Gasteiger partial charge is 0.481 e. The van der Waals surface area contributed by atoms with Crippen molar-refractivity contribution in [1.82, 2.24) is 0 Å². The molecule has 0 spiro atoms. The van der Waals surface area contributed by atoms with Crippen LogP contribution >= 0.6 is 0 Å². The number of carboxylic acids is 1. The minimum absolute atomic E-state index is 0.336. The van der Waals surface area contributed by atoms with Gasteiger partial charge in [0.05, 0.1) is 0 Å². The Hall–Kier alpha value is -0.790. The fourth-order valence-electron chi connectivity index (χ4n) is 2.35. The smallest absolute Gasteiger partial charge is 0.303 e. The molecule has 0 saturated carbocycles. The van der Waals surface area contributed by atoms with Crippen LogP contribution in [0.25, 0.3) is 0 Å². The molecular formula is C18H34O2. The lowest BCUT2D eigenvalue weighted by Gasteiger charge is -2.00. The van der Waals surface area contributed by atoms with Crippen LogP contribution in [0.2, 0.25) is 0 Å². The molecule has 0 amide bonds. The lowest BCUT2D eigenvalue weighted by Crippen LogP contribution is -1.93. The van der Waals surface area contributed by atoms with Gasteiger partial charge in [-0.2, -0.15) is 0 Å². The van der Waals surface area contributed by atoms with Crippen molar-refractivity contribution >= 4 is 5.97 Å². The third-order valence-electron chi connectivity index (χ3n) is 3.65. The van der Waals surface area contributed by atoms with Gasteiger partial charge in [0.25, 0.3) is 0 Å². The van der Waals surface area contributed by atoms with E-state index in [0.717, 1.165) is 12.8 Å². The van der Waals surface area contributed by atoms with Crippen molar-refractivity contribution in [3.8, 4) is 0 Å². The van der Waals surface area contributed by atoms with E-state index < -0.39 is 5.97 Å². The second-order valence-electron chi connectivity index (χ2n) is 5.73. The molecule has 0 aliphatic heterocycles. The maximum Gasteiger partial charge on any atom is 0.303 e. The molecule has 0 unspecified atom stereocenters. The Labute approximate surface area is 125 Å². The second-order valence-corrected chi connectivity index (χ2v) is 5.73. The molecule has 0 aliphatic carbocycles. The van der Waals surface area contributed by atoms with E-state index in [2.05, 4.69) is 19.1 Å². The van der Waals surface area contributed by atoms with E-state index in [-0.39, 0.29) is 0 Å². The van der Waals surface area contributed by atoms with E-state index in [1.165, 1.54) is 70.6 Å². The van der Waals surface area contributed by atoms with Crippen molar-refractivity contribution < 1.29 is 9.90 Å². The summed E-state index contributed by atoms with van der Waals surface area (Å²) < 4.78 is 0. The molecule has 2 nitrogen and oxygen atoms in total. The number of unbranched alkanes of at least 4 members (excludes halogenated alkanes) is 11. The number of carboxylic acid groups (broad SMARTS) is 1. The van der Waals surface area contributed by atoms with E-state index in [4.69, 9.17) is 5.11 Å². The van der Waals surface area contributed by atoms with Crippen molar-refractivity contribution in [2.24, 2.45) is 0 Å². The summed E-state index contributed by atoms with van der Waals surface area (Å²) in [5.41, 5.74) is 0. The Morgan fingerprint density at radius 1 is 0.750 bits per heavy atom. The van der Waals surface area contributed by atoms with Crippen LogP contribution in [0.15, 0.2) is 12.2 Å². The van der Waals surface area contributed by atoms with Crippen molar-refractivity contribution in [3.05, 3.63) is 12.2 Å².